The fourth-order valence-electron chi connectivity index (χ4n) is 5.38. The summed E-state index contributed by atoms with van der Waals surface area (Å²) in [6.45, 7) is 0. The molecule has 7 rings (SSSR count). The molecule has 4 aromatic rings. The number of aromatic amines is 1. The summed E-state index contributed by atoms with van der Waals surface area (Å²) in [5.74, 6) is 0.945. The highest BCUT2D eigenvalue weighted by molar-refractivity contribution is 6.29. The number of rotatable bonds is 5. The van der Waals surface area contributed by atoms with E-state index in [0.29, 0.717) is 40.1 Å². The zero-order chi connectivity index (χ0) is 22.5. The molecule has 33 heavy (non-hydrogen) atoms. The van der Waals surface area contributed by atoms with Crippen LogP contribution < -0.4 is 5.32 Å². The maximum Gasteiger partial charge on any atom is 0.308 e. The Morgan fingerprint density at radius 3 is 2.76 bits per heavy atom. The lowest BCUT2D eigenvalue weighted by molar-refractivity contribution is -0.148. The highest BCUT2D eigenvalue weighted by Gasteiger charge is 2.47. The molecule has 10 nitrogen and oxygen atoms in total. The van der Waals surface area contributed by atoms with Gasteiger partial charge in [-0.05, 0) is 37.5 Å². The van der Waals surface area contributed by atoms with Crippen molar-refractivity contribution < 1.29 is 9.90 Å². The van der Waals surface area contributed by atoms with E-state index in [0.717, 1.165) is 25.7 Å². The Balaban J connectivity index is 1.45. The van der Waals surface area contributed by atoms with Crippen molar-refractivity contribution in [2.75, 3.05) is 5.32 Å². The molecule has 0 saturated heterocycles. The molecule has 0 radical (unpaired) electrons. The summed E-state index contributed by atoms with van der Waals surface area (Å²) in [4.78, 5) is 37.5. The van der Waals surface area contributed by atoms with Gasteiger partial charge in [0.15, 0.2) is 11.5 Å². The highest BCUT2D eigenvalue weighted by Crippen LogP contribution is 2.46. The first-order valence-corrected chi connectivity index (χ1v) is 11.3. The van der Waals surface area contributed by atoms with Crippen LogP contribution in [-0.2, 0) is 4.79 Å². The van der Waals surface area contributed by atoms with Crippen molar-refractivity contribution in [3.8, 4) is 17.2 Å². The maximum absolute atomic E-state index is 12.1. The Hall–Kier alpha value is -3.53. The van der Waals surface area contributed by atoms with Gasteiger partial charge in [0.1, 0.15) is 28.6 Å². The normalized spacial score (nSPS) is 24.3. The van der Waals surface area contributed by atoms with Gasteiger partial charge in [0.05, 0.1) is 17.7 Å². The number of carboxylic acids is 1. The Kier molecular flexibility index (Phi) is 4.75. The fourth-order valence-corrected chi connectivity index (χ4v) is 5.51. The fraction of sp³-hybridized carbons (Fsp3) is 0.364. The quantitative estimate of drug-likeness (QED) is 0.408. The molecule has 168 valence electrons. The highest BCUT2D eigenvalue weighted by atomic mass is 35.5. The molecule has 3 aliphatic rings. The van der Waals surface area contributed by atoms with Gasteiger partial charge >= 0.3 is 5.97 Å². The lowest BCUT2D eigenvalue weighted by Gasteiger charge is -2.47. The van der Waals surface area contributed by atoms with Crippen LogP contribution in [0, 0.1) is 17.8 Å². The van der Waals surface area contributed by atoms with Gasteiger partial charge in [-0.1, -0.05) is 11.6 Å². The molecule has 0 aromatic carbocycles. The summed E-state index contributed by atoms with van der Waals surface area (Å²) in [5, 5.41) is 13.7. The van der Waals surface area contributed by atoms with E-state index >= 15 is 0 Å². The lowest BCUT2D eigenvalue weighted by atomic mass is 9.61. The van der Waals surface area contributed by atoms with Crippen molar-refractivity contribution in [2.45, 2.75) is 31.7 Å². The van der Waals surface area contributed by atoms with E-state index in [1.54, 1.807) is 29.5 Å². The number of H-pyrrole nitrogens is 1. The zero-order valence-electron chi connectivity index (χ0n) is 17.5. The predicted molar refractivity (Wildman–Crippen MR) is 121 cm³/mol. The van der Waals surface area contributed by atoms with Gasteiger partial charge < -0.3 is 15.4 Å². The zero-order valence-corrected chi connectivity index (χ0v) is 18.3. The lowest BCUT2D eigenvalue weighted by Crippen LogP contribution is -2.51. The minimum Gasteiger partial charge on any atom is -0.481 e. The minimum absolute atomic E-state index is 0.175. The van der Waals surface area contributed by atoms with Crippen molar-refractivity contribution in [2.24, 2.45) is 17.8 Å². The molecule has 4 heterocycles. The van der Waals surface area contributed by atoms with Crippen LogP contribution >= 0.6 is 11.6 Å². The number of imidazole rings is 1. The number of hydrogen-bond acceptors (Lipinski definition) is 7. The minimum atomic E-state index is -0.743. The summed E-state index contributed by atoms with van der Waals surface area (Å²) < 4.78 is 1.78. The van der Waals surface area contributed by atoms with Gasteiger partial charge in [-0.2, -0.15) is 0 Å². The van der Waals surface area contributed by atoms with Gasteiger partial charge in [-0.25, -0.2) is 24.9 Å². The van der Waals surface area contributed by atoms with Crippen LogP contribution in [0.15, 0.2) is 37.2 Å². The number of carboxylic acid groups (broad SMARTS) is 1. The average molecular weight is 465 g/mol. The SMILES string of the molecule is O=C(O)[C@H]1C2CCC(CC2)[C@@H]1Nc1cc(-n2ccnc2)nc(-c2c[nH]c3ncc(Cl)nc23)n1. The summed E-state index contributed by atoms with van der Waals surface area (Å²) in [7, 11) is 0. The second-order valence-electron chi connectivity index (χ2n) is 8.71. The van der Waals surface area contributed by atoms with Crippen molar-refractivity contribution >= 4 is 34.6 Å². The van der Waals surface area contributed by atoms with E-state index in [1.165, 1.54) is 6.20 Å². The monoisotopic (exact) mass is 464 g/mol. The number of aliphatic carboxylic acids is 1. The number of anilines is 1. The van der Waals surface area contributed by atoms with Gasteiger partial charge in [-0.3, -0.25) is 9.36 Å². The van der Waals surface area contributed by atoms with Gasteiger partial charge in [0, 0.05) is 30.7 Å². The number of aromatic nitrogens is 7. The van der Waals surface area contributed by atoms with E-state index in [9.17, 15) is 9.90 Å². The second-order valence-corrected chi connectivity index (χ2v) is 9.09. The molecule has 0 amide bonds. The first-order chi connectivity index (χ1) is 16.1. The molecule has 2 atom stereocenters. The Morgan fingerprint density at radius 1 is 1.18 bits per heavy atom. The first-order valence-electron chi connectivity index (χ1n) is 10.9. The van der Waals surface area contributed by atoms with E-state index in [1.807, 2.05) is 6.07 Å². The van der Waals surface area contributed by atoms with E-state index in [-0.39, 0.29) is 17.1 Å². The number of nitrogens with zero attached hydrogens (tertiary/aromatic N) is 6. The van der Waals surface area contributed by atoms with Crippen LogP contribution in [0.2, 0.25) is 5.15 Å². The molecule has 3 fully saturated rings. The number of nitrogens with one attached hydrogen (secondary N) is 2. The Bertz CT molecular complexity index is 1330. The molecule has 0 aliphatic heterocycles. The number of hydrogen-bond donors (Lipinski definition) is 3. The van der Waals surface area contributed by atoms with Crippen LogP contribution in [0.4, 0.5) is 5.82 Å². The van der Waals surface area contributed by atoms with Crippen LogP contribution in [0.25, 0.3) is 28.4 Å². The molecule has 2 bridgehead atoms. The number of carbonyl (C=O) groups is 1. The molecule has 4 aromatic heterocycles. The van der Waals surface area contributed by atoms with Crippen LogP contribution in [0.5, 0.6) is 0 Å². The summed E-state index contributed by atoms with van der Waals surface area (Å²) in [6, 6.07) is 1.64. The molecule has 3 N–H and O–H groups in total. The van der Waals surface area contributed by atoms with Crippen molar-refractivity contribution in [1.82, 2.24) is 34.5 Å². The average Bonchev–Trinajstić information content (AvgIpc) is 3.49. The third-order valence-electron chi connectivity index (χ3n) is 6.89. The third-order valence-corrected chi connectivity index (χ3v) is 7.07. The summed E-state index contributed by atoms with van der Waals surface area (Å²) in [6.07, 6.45) is 12.4. The standard InChI is InChI=1S/C22H21ClN8O2/c23-14-9-26-21-19(27-14)13(8-25-21)20-29-15(7-16(30-20)31-6-5-24-10-31)28-18-12-3-1-11(2-4-12)17(18)22(32)33/h5-12,17-18H,1-4H2,(H,25,26)(H,32,33)(H,28,29,30)/t11?,12?,17-,18-/m0/s1. The van der Waals surface area contributed by atoms with Crippen molar-refractivity contribution in [1.29, 1.82) is 0 Å². The van der Waals surface area contributed by atoms with Crippen LogP contribution in [0.1, 0.15) is 25.7 Å². The van der Waals surface area contributed by atoms with Gasteiger partial charge in [-0.15, -0.1) is 0 Å². The van der Waals surface area contributed by atoms with Gasteiger partial charge in [0.25, 0.3) is 0 Å². The molecular formula is C22H21ClN8O2. The van der Waals surface area contributed by atoms with E-state index in [2.05, 4.69) is 25.3 Å². The van der Waals surface area contributed by atoms with E-state index in [4.69, 9.17) is 21.6 Å². The van der Waals surface area contributed by atoms with E-state index < -0.39 is 11.9 Å². The Labute approximate surface area is 193 Å². The molecule has 0 unspecified atom stereocenters. The topological polar surface area (TPSA) is 134 Å². The largest absolute Gasteiger partial charge is 0.481 e. The molecule has 11 heteroatoms. The first kappa shape index (κ1) is 20.1. The molecular weight excluding hydrogens is 444 g/mol. The Morgan fingerprint density at radius 2 is 2.00 bits per heavy atom. The van der Waals surface area contributed by atoms with Crippen LogP contribution in [0.3, 0.4) is 0 Å². The van der Waals surface area contributed by atoms with Crippen molar-refractivity contribution in [3.05, 3.63) is 42.3 Å². The third kappa shape index (κ3) is 3.50. The molecule has 3 saturated carbocycles. The summed E-state index contributed by atoms with van der Waals surface area (Å²) in [5.41, 5.74) is 1.80. The predicted octanol–water partition coefficient (Wildman–Crippen LogP) is 3.56. The van der Waals surface area contributed by atoms with Crippen LogP contribution in [-0.4, -0.2) is 51.6 Å². The molecule has 0 spiro atoms. The van der Waals surface area contributed by atoms with Crippen molar-refractivity contribution in [3.63, 3.8) is 0 Å². The maximum atomic E-state index is 12.1. The smallest absolute Gasteiger partial charge is 0.308 e. The second kappa shape index (κ2) is 7.80. The molecule has 3 aliphatic carbocycles. The number of fused-ring (bicyclic) bond motifs is 4. The van der Waals surface area contributed by atoms with Gasteiger partial charge in [0.2, 0.25) is 0 Å². The number of halogens is 1. The summed E-state index contributed by atoms with van der Waals surface area (Å²) >= 11 is 6.08.